The molecule has 1 heterocycles. The third kappa shape index (κ3) is 2.82. The molecular weight excluding hydrogens is 212 g/mol. The van der Waals surface area contributed by atoms with Crippen LogP contribution in [0.1, 0.15) is 24.1 Å². The van der Waals surface area contributed by atoms with Crippen LogP contribution in [0.5, 0.6) is 5.88 Å². The van der Waals surface area contributed by atoms with Crippen LogP contribution in [0.3, 0.4) is 0 Å². The van der Waals surface area contributed by atoms with Crippen LogP contribution < -0.4 is 10.5 Å². The van der Waals surface area contributed by atoms with Gasteiger partial charge in [-0.3, -0.25) is 0 Å². The molecular formula is C14H16N2O. The number of hydrogen-bond acceptors (Lipinski definition) is 3. The van der Waals surface area contributed by atoms with E-state index in [0.29, 0.717) is 12.5 Å². The maximum absolute atomic E-state index is 6.16. The summed E-state index contributed by atoms with van der Waals surface area (Å²) in [4.78, 5) is 4.21. The van der Waals surface area contributed by atoms with E-state index in [1.807, 2.05) is 49.4 Å². The van der Waals surface area contributed by atoms with E-state index < -0.39 is 0 Å². The number of aromatic nitrogens is 1. The Labute approximate surface area is 101 Å². The molecule has 0 aliphatic heterocycles. The van der Waals surface area contributed by atoms with Crippen molar-refractivity contribution in [1.29, 1.82) is 0 Å². The quantitative estimate of drug-likeness (QED) is 0.874. The SMILES string of the molecule is CCOc1ccc(C(N)c2ccccc2)cn1. The molecule has 88 valence electrons. The number of ether oxygens (including phenoxy) is 1. The second kappa shape index (κ2) is 5.46. The maximum Gasteiger partial charge on any atom is 0.213 e. The van der Waals surface area contributed by atoms with Crippen molar-refractivity contribution in [3.05, 3.63) is 59.8 Å². The van der Waals surface area contributed by atoms with Crippen LogP contribution in [0, 0.1) is 0 Å². The first-order chi connectivity index (χ1) is 8.31. The molecule has 2 aromatic rings. The molecule has 0 aliphatic carbocycles. The Kier molecular flexibility index (Phi) is 3.73. The molecule has 2 rings (SSSR count). The average molecular weight is 228 g/mol. The summed E-state index contributed by atoms with van der Waals surface area (Å²) in [5, 5.41) is 0. The first-order valence-electron chi connectivity index (χ1n) is 5.70. The summed E-state index contributed by atoms with van der Waals surface area (Å²) >= 11 is 0. The van der Waals surface area contributed by atoms with Gasteiger partial charge in [0.25, 0.3) is 0 Å². The van der Waals surface area contributed by atoms with Crippen LogP contribution in [0.15, 0.2) is 48.7 Å². The van der Waals surface area contributed by atoms with E-state index in [1.54, 1.807) is 6.20 Å². The van der Waals surface area contributed by atoms with Gasteiger partial charge in [0.2, 0.25) is 5.88 Å². The van der Waals surface area contributed by atoms with Gasteiger partial charge in [0, 0.05) is 12.3 Å². The molecule has 0 saturated heterocycles. The second-order valence-corrected chi connectivity index (χ2v) is 3.75. The Balaban J connectivity index is 2.17. The maximum atomic E-state index is 6.16. The van der Waals surface area contributed by atoms with E-state index >= 15 is 0 Å². The highest BCUT2D eigenvalue weighted by atomic mass is 16.5. The summed E-state index contributed by atoms with van der Waals surface area (Å²) < 4.78 is 5.29. The van der Waals surface area contributed by atoms with E-state index in [1.165, 1.54) is 0 Å². The molecule has 0 saturated carbocycles. The van der Waals surface area contributed by atoms with Gasteiger partial charge in [-0.05, 0) is 18.1 Å². The van der Waals surface area contributed by atoms with Crippen molar-refractivity contribution in [1.82, 2.24) is 4.98 Å². The van der Waals surface area contributed by atoms with Crippen LogP contribution in [0.2, 0.25) is 0 Å². The van der Waals surface area contributed by atoms with Crippen molar-refractivity contribution in [2.45, 2.75) is 13.0 Å². The van der Waals surface area contributed by atoms with Crippen LogP contribution in [-0.4, -0.2) is 11.6 Å². The van der Waals surface area contributed by atoms with Gasteiger partial charge in [0.1, 0.15) is 0 Å². The van der Waals surface area contributed by atoms with Gasteiger partial charge in [-0.25, -0.2) is 4.98 Å². The Morgan fingerprint density at radius 3 is 2.47 bits per heavy atom. The van der Waals surface area contributed by atoms with E-state index in [4.69, 9.17) is 10.5 Å². The third-order valence-corrected chi connectivity index (χ3v) is 2.57. The Morgan fingerprint density at radius 1 is 1.12 bits per heavy atom. The molecule has 1 aromatic heterocycles. The van der Waals surface area contributed by atoms with Crippen molar-refractivity contribution >= 4 is 0 Å². The van der Waals surface area contributed by atoms with Crippen LogP contribution >= 0.6 is 0 Å². The predicted octanol–water partition coefficient (Wildman–Crippen LogP) is 2.53. The lowest BCUT2D eigenvalue weighted by atomic mass is 10.0. The highest BCUT2D eigenvalue weighted by Crippen LogP contribution is 2.19. The lowest BCUT2D eigenvalue weighted by Gasteiger charge is -2.12. The zero-order valence-corrected chi connectivity index (χ0v) is 9.84. The van der Waals surface area contributed by atoms with Gasteiger partial charge in [-0.15, -0.1) is 0 Å². The van der Waals surface area contributed by atoms with Crippen molar-refractivity contribution in [2.24, 2.45) is 5.73 Å². The zero-order valence-electron chi connectivity index (χ0n) is 9.84. The monoisotopic (exact) mass is 228 g/mol. The minimum absolute atomic E-state index is 0.139. The third-order valence-electron chi connectivity index (χ3n) is 2.57. The molecule has 0 fully saturated rings. The van der Waals surface area contributed by atoms with Gasteiger partial charge in [-0.2, -0.15) is 0 Å². The summed E-state index contributed by atoms with van der Waals surface area (Å²) in [6, 6.07) is 13.6. The molecule has 0 spiro atoms. The molecule has 0 radical (unpaired) electrons. The normalized spacial score (nSPS) is 12.1. The fraction of sp³-hybridized carbons (Fsp3) is 0.214. The zero-order chi connectivity index (χ0) is 12.1. The second-order valence-electron chi connectivity index (χ2n) is 3.75. The summed E-state index contributed by atoms with van der Waals surface area (Å²) in [6.45, 7) is 2.56. The lowest BCUT2D eigenvalue weighted by Crippen LogP contribution is -2.12. The smallest absolute Gasteiger partial charge is 0.213 e. The largest absolute Gasteiger partial charge is 0.478 e. The molecule has 1 unspecified atom stereocenters. The number of nitrogens with two attached hydrogens (primary N) is 1. The first-order valence-corrected chi connectivity index (χ1v) is 5.70. The van der Waals surface area contributed by atoms with Gasteiger partial charge < -0.3 is 10.5 Å². The molecule has 3 nitrogen and oxygen atoms in total. The molecule has 3 heteroatoms. The van der Waals surface area contributed by atoms with Crippen molar-refractivity contribution in [3.63, 3.8) is 0 Å². The fourth-order valence-corrected chi connectivity index (χ4v) is 1.66. The molecule has 0 amide bonds. The Hall–Kier alpha value is -1.87. The van der Waals surface area contributed by atoms with Gasteiger partial charge in [-0.1, -0.05) is 36.4 Å². The standard InChI is InChI=1S/C14H16N2O/c1-2-17-13-9-8-12(10-16-13)14(15)11-6-4-3-5-7-11/h3-10,14H,2,15H2,1H3. The number of hydrogen-bond donors (Lipinski definition) is 1. The van der Waals surface area contributed by atoms with Crippen LogP contribution in [0.4, 0.5) is 0 Å². The number of pyridine rings is 1. The molecule has 0 aliphatic rings. The molecule has 0 bridgehead atoms. The summed E-state index contributed by atoms with van der Waals surface area (Å²) in [5.41, 5.74) is 8.23. The summed E-state index contributed by atoms with van der Waals surface area (Å²) in [7, 11) is 0. The fourth-order valence-electron chi connectivity index (χ4n) is 1.66. The van der Waals surface area contributed by atoms with Crippen LogP contribution in [-0.2, 0) is 0 Å². The molecule has 17 heavy (non-hydrogen) atoms. The first kappa shape index (κ1) is 11.6. The minimum atomic E-state index is -0.139. The molecule has 2 N–H and O–H groups in total. The van der Waals surface area contributed by atoms with Crippen LogP contribution in [0.25, 0.3) is 0 Å². The van der Waals surface area contributed by atoms with Gasteiger partial charge >= 0.3 is 0 Å². The van der Waals surface area contributed by atoms with E-state index in [-0.39, 0.29) is 6.04 Å². The highest BCUT2D eigenvalue weighted by Gasteiger charge is 2.08. The average Bonchev–Trinajstić information content (AvgIpc) is 2.40. The highest BCUT2D eigenvalue weighted by molar-refractivity contribution is 5.30. The summed E-state index contributed by atoms with van der Waals surface area (Å²) in [5.74, 6) is 0.636. The lowest BCUT2D eigenvalue weighted by molar-refractivity contribution is 0.326. The number of rotatable bonds is 4. The summed E-state index contributed by atoms with van der Waals surface area (Å²) in [6.07, 6.45) is 1.77. The topological polar surface area (TPSA) is 48.1 Å². The minimum Gasteiger partial charge on any atom is -0.478 e. The predicted molar refractivity (Wildman–Crippen MR) is 67.9 cm³/mol. The van der Waals surface area contributed by atoms with Crippen molar-refractivity contribution < 1.29 is 4.74 Å². The van der Waals surface area contributed by atoms with E-state index in [2.05, 4.69) is 4.98 Å². The van der Waals surface area contributed by atoms with Crippen molar-refractivity contribution in [3.8, 4) is 5.88 Å². The van der Waals surface area contributed by atoms with E-state index in [9.17, 15) is 0 Å². The number of nitrogens with zero attached hydrogens (tertiary/aromatic N) is 1. The Morgan fingerprint density at radius 2 is 1.88 bits per heavy atom. The molecule has 1 atom stereocenters. The van der Waals surface area contributed by atoms with E-state index in [0.717, 1.165) is 11.1 Å². The van der Waals surface area contributed by atoms with Crippen molar-refractivity contribution in [2.75, 3.05) is 6.61 Å². The molecule has 1 aromatic carbocycles. The Bertz CT molecular complexity index is 453. The number of benzene rings is 1. The van der Waals surface area contributed by atoms with Gasteiger partial charge in [0.15, 0.2) is 0 Å². The van der Waals surface area contributed by atoms with Gasteiger partial charge in [0.05, 0.1) is 12.6 Å².